The van der Waals surface area contributed by atoms with E-state index < -0.39 is 0 Å². The number of ether oxygens (including phenoxy) is 1. The molecular weight excluding hydrogens is 268 g/mol. The van der Waals surface area contributed by atoms with Gasteiger partial charge in [0.2, 0.25) is 0 Å². The highest BCUT2D eigenvalue weighted by molar-refractivity contribution is 5.89. The van der Waals surface area contributed by atoms with Gasteiger partial charge in [-0.05, 0) is 25.0 Å². The standard InChI is InChI=1S/C16H24N2O3/c1-3-8-14(4-2)21-15(19)11-12-17-16(20)18-13-9-6-5-7-10-13/h5-7,9-10,14H,3-4,8,11-12H2,1-2H3,(H2,17,18,20). The van der Waals surface area contributed by atoms with Crippen molar-refractivity contribution in [3.05, 3.63) is 30.3 Å². The van der Waals surface area contributed by atoms with Crippen molar-refractivity contribution in [2.45, 2.75) is 45.6 Å². The zero-order valence-corrected chi connectivity index (χ0v) is 12.7. The second-order valence-corrected chi connectivity index (χ2v) is 4.81. The third-order valence-corrected chi connectivity index (χ3v) is 3.01. The molecule has 0 aliphatic rings. The Morgan fingerprint density at radius 1 is 1.19 bits per heavy atom. The van der Waals surface area contributed by atoms with E-state index in [2.05, 4.69) is 17.6 Å². The third-order valence-electron chi connectivity index (χ3n) is 3.01. The van der Waals surface area contributed by atoms with Gasteiger partial charge in [-0.2, -0.15) is 0 Å². The van der Waals surface area contributed by atoms with Crippen LogP contribution in [0.3, 0.4) is 0 Å². The van der Waals surface area contributed by atoms with Crippen LogP contribution in [0.5, 0.6) is 0 Å². The lowest BCUT2D eigenvalue weighted by atomic mass is 10.1. The molecule has 0 bridgehead atoms. The van der Waals surface area contributed by atoms with Crippen molar-refractivity contribution in [3.63, 3.8) is 0 Å². The average molecular weight is 292 g/mol. The summed E-state index contributed by atoms with van der Waals surface area (Å²) >= 11 is 0. The summed E-state index contributed by atoms with van der Waals surface area (Å²) in [5, 5.41) is 5.32. The molecule has 1 unspecified atom stereocenters. The molecule has 0 aliphatic heterocycles. The van der Waals surface area contributed by atoms with E-state index in [9.17, 15) is 9.59 Å². The normalized spacial score (nSPS) is 11.5. The van der Waals surface area contributed by atoms with Crippen LogP contribution in [0.2, 0.25) is 0 Å². The minimum atomic E-state index is -0.324. The predicted molar refractivity (Wildman–Crippen MR) is 83.2 cm³/mol. The maximum Gasteiger partial charge on any atom is 0.319 e. The highest BCUT2D eigenvalue weighted by Gasteiger charge is 2.11. The molecule has 0 saturated carbocycles. The van der Waals surface area contributed by atoms with Gasteiger partial charge in [0.1, 0.15) is 6.10 Å². The van der Waals surface area contributed by atoms with Crippen molar-refractivity contribution in [2.75, 3.05) is 11.9 Å². The monoisotopic (exact) mass is 292 g/mol. The first kappa shape index (κ1) is 17.0. The van der Waals surface area contributed by atoms with E-state index in [0.29, 0.717) is 5.69 Å². The van der Waals surface area contributed by atoms with Gasteiger partial charge in [-0.25, -0.2) is 4.79 Å². The Morgan fingerprint density at radius 2 is 1.90 bits per heavy atom. The maximum absolute atomic E-state index is 11.6. The number of esters is 1. The van der Waals surface area contributed by atoms with Gasteiger partial charge in [-0.3, -0.25) is 4.79 Å². The molecule has 0 saturated heterocycles. The van der Waals surface area contributed by atoms with Crippen LogP contribution in [-0.4, -0.2) is 24.6 Å². The summed E-state index contributed by atoms with van der Waals surface area (Å²) in [5.74, 6) is -0.268. The Bertz CT molecular complexity index is 434. The van der Waals surface area contributed by atoms with Crippen molar-refractivity contribution in [1.29, 1.82) is 0 Å². The smallest absolute Gasteiger partial charge is 0.319 e. The fourth-order valence-electron chi connectivity index (χ4n) is 1.89. The van der Waals surface area contributed by atoms with E-state index in [4.69, 9.17) is 4.74 Å². The molecule has 1 atom stereocenters. The molecule has 0 radical (unpaired) electrons. The number of carbonyl (C=O) groups is 2. The SMILES string of the molecule is CCCC(CC)OC(=O)CCNC(=O)Nc1ccccc1. The van der Waals surface area contributed by atoms with Crippen molar-refractivity contribution < 1.29 is 14.3 Å². The molecular formula is C16H24N2O3. The molecule has 0 aromatic heterocycles. The second-order valence-electron chi connectivity index (χ2n) is 4.81. The van der Waals surface area contributed by atoms with Gasteiger partial charge >= 0.3 is 12.0 Å². The summed E-state index contributed by atoms with van der Waals surface area (Å²) in [6.07, 6.45) is 2.86. The van der Waals surface area contributed by atoms with Gasteiger partial charge < -0.3 is 15.4 Å². The number of hydrogen-bond donors (Lipinski definition) is 2. The fraction of sp³-hybridized carbons (Fsp3) is 0.500. The van der Waals surface area contributed by atoms with E-state index in [0.717, 1.165) is 19.3 Å². The molecule has 21 heavy (non-hydrogen) atoms. The number of benzene rings is 1. The molecule has 116 valence electrons. The zero-order chi connectivity index (χ0) is 15.5. The van der Waals surface area contributed by atoms with Gasteiger partial charge in [-0.1, -0.05) is 38.5 Å². The number of carbonyl (C=O) groups excluding carboxylic acids is 2. The van der Waals surface area contributed by atoms with Crippen LogP contribution in [0.1, 0.15) is 39.5 Å². The van der Waals surface area contributed by atoms with E-state index in [1.807, 2.05) is 25.1 Å². The first-order valence-electron chi connectivity index (χ1n) is 7.45. The molecule has 0 aliphatic carbocycles. The Morgan fingerprint density at radius 3 is 2.52 bits per heavy atom. The van der Waals surface area contributed by atoms with Crippen LogP contribution in [-0.2, 0) is 9.53 Å². The Kier molecular flexibility index (Phi) is 7.94. The Hall–Kier alpha value is -2.04. The molecule has 0 heterocycles. The van der Waals surface area contributed by atoms with Gasteiger partial charge in [-0.15, -0.1) is 0 Å². The number of nitrogens with one attached hydrogen (secondary N) is 2. The first-order chi connectivity index (χ1) is 10.2. The highest BCUT2D eigenvalue weighted by atomic mass is 16.5. The molecule has 0 spiro atoms. The molecule has 5 nitrogen and oxygen atoms in total. The van der Waals surface area contributed by atoms with Crippen LogP contribution >= 0.6 is 0 Å². The number of rotatable bonds is 8. The van der Waals surface area contributed by atoms with Crippen molar-refractivity contribution >= 4 is 17.7 Å². The number of urea groups is 1. The number of hydrogen-bond acceptors (Lipinski definition) is 3. The zero-order valence-electron chi connectivity index (χ0n) is 12.7. The number of para-hydroxylation sites is 1. The lowest BCUT2D eigenvalue weighted by molar-refractivity contribution is -0.149. The van der Waals surface area contributed by atoms with Crippen LogP contribution < -0.4 is 10.6 Å². The van der Waals surface area contributed by atoms with E-state index >= 15 is 0 Å². The van der Waals surface area contributed by atoms with E-state index in [1.165, 1.54) is 0 Å². The molecule has 5 heteroatoms. The van der Waals surface area contributed by atoms with Gasteiger partial charge in [0.05, 0.1) is 6.42 Å². The molecule has 0 fully saturated rings. The highest BCUT2D eigenvalue weighted by Crippen LogP contribution is 2.07. The predicted octanol–water partition coefficient (Wildman–Crippen LogP) is 3.32. The topological polar surface area (TPSA) is 67.4 Å². The van der Waals surface area contributed by atoms with Gasteiger partial charge in [0.15, 0.2) is 0 Å². The van der Waals surface area contributed by atoms with E-state index in [-0.39, 0.29) is 31.1 Å². The number of amides is 2. The summed E-state index contributed by atoms with van der Waals surface area (Å²) < 4.78 is 5.33. The molecule has 1 rings (SSSR count). The molecule has 2 amide bonds. The third kappa shape index (κ3) is 7.34. The van der Waals surface area contributed by atoms with Crippen molar-refractivity contribution in [1.82, 2.24) is 5.32 Å². The summed E-state index contributed by atoms with van der Waals surface area (Å²) in [5.41, 5.74) is 0.714. The fourth-order valence-corrected chi connectivity index (χ4v) is 1.89. The minimum Gasteiger partial charge on any atom is -0.462 e. The second kappa shape index (κ2) is 9.80. The van der Waals surface area contributed by atoms with Crippen LogP contribution in [0, 0.1) is 0 Å². The van der Waals surface area contributed by atoms with Crippen LogP contribution in [0.25, 0.3) is 0 Å². The largest absolute Gasteiger partial charge is 0.462 e. The molecule has 1 aromatic rings. The van der Waals surface area contributed by atoms with Gasteiger partial charge in [0.25, 0.3) is 0 Å². The van der Waals surface area contributed by atoms with Crippen LogP contribution in [0.15, 0.2) is 30.3 Å². The maximum atomic E-state index is 11.6. The van der Waals surface area contributed by atoms with Gasteiger partial charge in [0, 0.05) is 12.2 Å². The number of anilines is 1. The van der Waals surface area contributed by atoms with E-state index in [1.54, 1.807) is 12.1 Å². The van der Waals surface area contributed by atoms with Crippen LogP contribution in [0.4, 0.5) is 10.5 Å². The minimum absolute atomic E-state index is 0.0133. The van der Waals surface area contributed by atoms with Crippen molar-refractivity contribution in [3.8, 4) is 0 Å². The molecule has 2 N–H and O–H groups in total. The summed E-state index contributed by atoms with van der Waals surface area (Å²) in [6.45, 7) is 4.32. The Labute approximate surface area is 126 Å². The first-order valence-corrected chi connectivity index (χ1v) is 7.45. The lowest BCUT2D eigenvalue weighted by Crippen LogP contribution is -2.31. The lowest BCUT2D eigenvalue weighted by Gasteiger charge is -2.15. The summed E-state index contributed by atoms with van der Waals surface area (Å²) in [6, 6.07) is 8.82. The summed E-state index contributed by atoms with van der Waals surface area (Å²) in [7, 11) is 0. The summed E-state index contributed by atoms with van der Waals surface area (Å²) in [4.78, 5) is 23.2. The quantitative estimate of drug-likeness (QED) is 0.722. The average Bonchev–Trinajstić information content (AvgIpc) is 2.47. The molecule has 1 aromatic carbocycles. The Balaban J connectivity index is 2.20. The van der Waals surface area contributed by atoms with Crippen molar-refractivity contribution in [2.24, 2.45) is 0 Å².